The van der Waals surface area contributed by atoms with Gasteiger partial charge in [-0.1, -0.05) is 61.3 Å². The Morgan fingerprint density at radius 1 is 0.966 bits per heavy atom. The number of carbonyl (C=O) groups excluding carboxylic acids is 2. The number of likely N-dealkylation sites (tertiary alicyclic amines) is 1. The van der Waals surface area contributed by atoms with Gasteiger partial charge in [-0.15, -0.1) is 5.54 Å². The third-order valence-corrected chi connectivity index (χ3v) is 18.1. The molecule has 3 heterocycles. The minimum absolute atomic E-state index is 0.0532. The monoisotopic (exact) mass is 838 g/mol. The predicted octanol–water partition coefficient (Wildman–Crippen LogP) is 9.90. The fourth-order valence-corrected chi connectivity index (χ4v) is 14.0. The van der Waals surface area contributed by atoms with Crippen LogP contribution in [0.3, 0.4) is 0 Å². The van der Waals surface area contributed by atoms with Crippen molar-refractivity contribution in [1.29, 1.82) is 0 Å². The second kappa shape index (κ2) is 19.9. The van der Waals surface area contributed by atoms with Crippen LogP contribution in [0.1, 0.15) is 127 Å². The van der Waals surface area contributed by atoms with Crippen molar-refractivity contribution in [2.24, 2.45) is 5.92 Å². The zero-order chi connectivity index (χ0) is 44.0. The summed E-state index contributed by atoms with van der Waals surface area (Å²) in [5, 5.41) is 2.97. The molecule has 2 atom stereocenters. The number of rotatable bonds is 16. The second-order valence-corrected chi connectivity index (χ2v) is 22.9. The molecule has 3 aromatic rings. The molecule has 1 amide bonds. The third-order valence-electron chi connectivity index (χ3n) is 11.8. The molecule has 0 bridgehead atoms. The molecule has 0 saturated carbocycles. The lowest BCUT2D eigenvalue weighted by atomic mass is 9.92. The Bertz CT molecular complexity index is 2050. The molecule has 2 unspecified atom stereocenters. The molecule has 8 nitrogen and oxygen atoms in total. The molecule has 59 heavy (non-hydrogen) atoms. The smallest absolute Gasteiger partial charge is 0.416 e. The van der Waals surface area contributed by atoms with Crippen molar-refractivity contribution >= 4 is 20.0 Å². The average molecular weight is 839 g/mol. The van der Waals surface area contributed by atoms with Gasteiger partial charge in [0.15, 0.2) is 0 Å². The van der Waals surface area contributed by atoms with E-state index < -0.39 is 55.2 Å². The number of pyridine rings is 2. The Morgan fingerprint density at radius 3 is 2.08 bits per heavy atom. The molecule has 1 aromatic carbocycles. The third kappa shape index (κ3) is 11.3. The van der Waals surface area contributed by atoms with Crippen LogP contribution in [0.5, 0.6) is 0 Å². The number of halogens is 4. The van der Waals surface area contributed by atoms with Crippen LogP contribution in [0, 0.1) is 37.0 Å². The summed E-state index contributed by atoms with van der Waals surface area (Å²) in [6, 6.07) is 3.06. The van der Waals surface area contributed by atoms with Crippen molar-refractivity contribution in [3.63, 3.8) is 0 Å². The Morgan fingerprint density at radius 2 is 1.58 bits per heavy atom. The molecule has 4 rings (SSSR count). The molecule has 0 aliphatic carbocycles. The zero-order valence-corrected chi connectivity index (χ0v) is 37.6. The molecule has 322 valence electrons. The summed E-state index contributed by atoms with van der Waals surface area (Å²) in [4.78, 5) is 48.1. The van der Waals surface area contributed by atoms with Gasteiger partial charge in [0.2, 0.25) is 5.91 Å². The van der Waals surface area contributed by atoms with E-state index in [2.05, 4.69) is 58.3 Å². The van der Waals surface area contributed by atoms with Gasteiger partial charge in [-0.05, 0) is 122 Å². The topological polar surface area (TPSA) is 93.5 Å². The fraction of sp³-hybridized carbons (Fsp3) is 0.565. The Kier molecular flexibility index (Phi) is 15.9. The molecule has 1 aliphatic heterocycles. The lowest BCUT2D eigenvalue weighted by Crippen LogP contribution is -2.43. The van der Waals surface area contributed by atoms with Gasteiger partial charge < -0.3 is 19.5 Å². The maximum atomic E-state index is 14.7. The maximum Gasteiger partial charge on any atom is 0.416 e. The SMILES string of the molecule is CCOC(=O)CC(NC(=O)C(CC(C)C)n1cc(CCN2CCC2)c(C(F)(F)F)cc1=O)c1cnc(C#C[Si](C(C)C)(C(C)C)C(C)C)c(-c2c(C)cc(F)cc2C)c1. The molecular formula is C46H62F4N4O4Si. The fourth-order valence-electron chi connectivity index (χ4n) is 8.78. The lowest BCUT2D eigenvalue weighted by Gasteiger charge is -2.38. The number of amides is 1. The highest BCUT2D eigenvalue weighted by molar-refractivity contribution is 6.90. The van der Waals surface area contributed by atoms with Crippen molar-refractivity contribution < 1.29 is 31.9 Å². The summed E-state index contributed by atoms with van der Waals surface area (Å²) < 4.78 is 63.8. The van der Waals surface area contributed by atoms with Gasteiger partial charge in [-0.25, -0.2) is 9.37 Å². The highest BCUT2D eigenvalue weighted by Crippen LogP contribution is 2.41. The van der Waals surface area contributed by atoms with E-state index in [1.54, 1.807) is 27.0 Å². The minimum Gasteiger partial charge on any atom is -0.466 e. The van der Waals surface area contributed by atoms with Gasteiger partial charge in [0.25, 0.3) is 5.56 Å². The molecule has 1 fully saturated rings. The molecule has 1 N–H and O–H groups in total. The van der Waals surface area contributed by atoms with Crippen molar-refractivity contribution in [2.75, 3.05) is 26.2 Å². The number of aryl methyl sites for hydroxylation is 2. The van der Waals surface area contributed by atoms with Gasteiger partial charge in [0, 0.05) is 30.6 Å². The number of aromatic nitrogens is 2. The number of benzene rings is 1. The number of nitrogens with zero attached hydrogens (tertiary/aromatic N) is 3. The summed E-state index contributed by atoms with van der Waals surface area (Å²) in [6.45, 7) is 24.4. The number of carbonyl (C=O) groups is 2. The first kappa shape index (κ1) is 47.4. The molecule has 1 aliphatic rings. The van der Waals surface area contributed by atoms with Crippen molar-refractivity contribution in [3.05, 3.63) is 86.3 Å². The summed E-state index contributed by atoms with van der Waals surface area (Å²) in [6.07, 6.45) is -1.15. The van der Waals surface area contributed by atoms with Crippen molar-refractivity contribution in [3.8, 4) is 22.6 Å². The number of alkyl halides is 3. The summed E-state index contributed by atoms with van der Waals surface area (Å²) in [7, 11) is -2.22. The van der Waals surface area contributed by atoms with Crippen LogP contribution >= 0.6 is 0 Å². The number of ether oxygens (including phenoxy) is 1. The van der Waals surface area contributed by atoms with E-state index in [4.69, 9.17) is 9.72 Å². The minimum atomic E-state index is -4.76. The van der Waals surface area contributed by atoms with Gasteiger partial charge in [0.1, 0.15) is 25.6 Å². The number of hydrogen-bond donors (Lipinski definition) is 1. The van der Waals surface area contributed by atoms with E-state index in [0.29, 0.717) is 57.2 Å². The van der Waals surface area contributed by atoms with E-state index in [-0.39, 0.29) is 37.4 Å². The summed E-state index contributed by atoms with van der Waals surface area (Å²) >= 11 is 0. The highest BCUT2D eigenvalue weighted by Gasteiger charge is 2.42. The first-order valence-electron chi connectivity index (χ1n) is 20.9. The van der Waals surface area contributed by atoms with Crippen LogP contribution in [0.25, 0.3) is 11.1 Å². The van der Waals surface area contributed by atoms with Crippen LogP contribution in [-0.2, 0) is 26.9 Å². The normalized spacial score (nSPS) is 14.6. The number of nitrogens with one attached hydrogen (secondary N) is 1. The van der Waals surface area contributed by atoms with E-state index in [1.807, 2.05) is 24.8 Å². The second-order valence-electron chi connectivity index (χ2n) is 17.3. The van der Waals surface area contributed by atoms with Crippen LogP contribution in [0.15, 0.2) is 41.5 Å². The number of hydrogen-bond acceptors (Lipinski definition) is 6. The Hall–Kier alpha value is -4.28. The average Bonchev–Trinajstić information content (AvgIpc) is 3.09. The van der Waals surface area contributed by atoms with Crippen LogP contribution in [0.4, 0.5) is 17.6 Å². The molecule has 0 spiro atoms. The van der Waals surface area contributed by atoms with Gasteiger partial charge in [-0.2, -0.15) is 13.2 Å². The first-order chi connectivity index (χ1) is 27.6. The Balaban J connectivity index is 1.90. The lowest BCUT2D eigenvalue weighted by molar-refractivity contribution is -0.144. The number of esters is 1. The molecular weight excluding hydrogens is 777 g/mol. The van der Waals surface area contributed by atoms with Crippen molar-refractivity contribution in [1.82, 2.24) is 19.8 Å². The molecule has 13 heteroatoms. The van der Waals surface area contributed by atoms with E-state index in [1.165, 1.54) is 18.3 Å². The Labute approximate surface area is 348 Å². The van der Waals surface area contributed by atoms with Crippen LogP contribution < -0.4 is 10.9 Å². The van der Waals surface area contributed by atoms with Gasteiger partial charge >= 0.3 is 12.1 Å². The maximum absolute atomic E-state index is 14.7. The van der Waals surface area contributed by atoms with Crippen LogP contribution in [0.2, 0.25) is 16.6 Å². The van der Waals surface area contributed by atoms with Crippen LogP contribution in [-0.4, -0.2) is 60.6 Å². The molecule has 2 aromatic heterocycles. The quantitative estimate of drug-likeness (QED) is 0.0669. The molecule has 0 radical (unpaired) electrons. The van der Waals surface area contributed by atoms with E-state index >= 15 is 0 Å². The first-order valence-corrected chi connectivity index (χ1v) is 23.1. The largest absolute Gasteiger partial charge is 0.466 e. The van der Waals surface area contributed by atoms with E-state index in [0.717, 1.165) is 29.6 Å². The molecule has 1 saturated heterocycles. The zero-order valence-electron chi connectivity index (χ0n) is 36.6. The van der Waals surface area contributed by atoms with E-state index in [9.17, 15) is 31.9 Å². The summed E-state index contributed by atoms with van der Waals surface area (Å²) in [5.74, 6) is 1.68. The summed E-state index contributed by atoms with van der Waals surface area (Å²) in [5.41, 5.74) is 6.31. The van der Waals surface area contributed by atoms with Gasteiger partial charge in [0.05, 0.1) is 24.6 Å². The van der Waals surface area contributed by atoms with Crippen molar-refractivity contribution in [2.45, 2.75) is 137 Å². The highest BCUT2D eigenvalue weighted by atomic mass is 28.3. The van der Waals surface area contributed by atoms with Gasteiger partial charge in [-0.3, -0.25) is 14.4 Å². The standard InChI is InChI=1S/C46H62F4N4O4Si/c1-12-58-43(56)25-40(52-45(57)41(20-28(2)3)54-27-34(14-18-53-16-13-17-53)38(24-42(54)55)46(48,49)50)35-23-37(44-32(10)21-36(47)22-33(44)11)39(51-26-35)15-19-59(29(4)5,30(6)7)31(8)9/h21-24,26-31,40-41H,12-14,16-18,20,25H2,1-11H3,(H,52,57). The predicted molar refractivity (Wildman–Crippen MR) is 228 cm³/mol.